The van der Waals surface area contributed by atoms with E-state index in [9.17, 15) is 9.59 Å². The van der Waals surface area contributed by atoms with Crippen molar-refractivity contribution in [2.45, 2.75) is 52.1 Å². The molecule has 35 heavy (non-hydrogen) atoms. The third kappa shape index (κ3) is 5.96. The molecule has 2 aliphatic rings. The van der Waals surface area contributed by atoms with Gasteiger partial charge in [0.1, 0.15) is 11.7 Å². The quantitative estimate of drug-likeness (QED) is 0.557. The zero-order valence-corrected chi connectivity index (χ0v) is 20.4. The number of rotatable bonds is 7. The summed E-state index contributed by atoms with van der Waals surface area (Å²) in [6.07, 6.45) is 7.71. The first-order valence-corrected chi connectivity index (χ1v) is 12.1. The van der Waals surface area contributed by atoms with Gasteiger partial charge in [0.05, 0.1) is 0 Å². The minimum atomic E-state index is -0.132. The summed E-state index contributed by atoms with van der Waals surface area (Å²) in [5, 5.41) is 6.13. The number of aliphatic imine (C=N–C) groups is 1. The molecule has 0 spiro atoms. The van der Waals surface area contributed by atoms with Crippen LogP contribution in [0.1, 0.15) is 55.5 Å². The lowest BCUT2D eigenvalue weighted by molar-refractivity contribution is -0.124. The third-order valence-electron chi connectivity index (χ3n) is 6.30. The highest BCUT2D eigenvalue weighted by molar-refractivity contribution is 6.16. The number of carbonyl (C=O) groups is 2. The second-order valence-electron chi connectivity index (χ2n) is 9.15. The second-order valence-corrected chi connectivity index (χ2v) is 9.15. The molecule has 0 atom stereocenters. The number of nitrogens with zero attached hydrogens (tertiary/aromatic N) is 2. The SMILES string of the molecule is C=C(/N=C1\C(=C(C)C)C=CC(=O)N1C1CCCC1)Nc1ccc(C(=O)NCc2ccccc2)cc1. The molecule has 0 unspecified atom stereocenters. The highest BCUT2D eigenvalue weighted by atomic mass is 16.2. The van der Waals surface area contributed by atoms with Crippen LogP contribution < -0.4 is 10.6 Å². The fourth-order valence-corrected chi connectivity index (χ4v) is 4.47. The van der Waals surface area contributed by atoms with Crippen LogP contribution in [-0.4, -0.2) is 28.6 Å². The van der Waals surface area contributed by atoms with Gasteiger partial charge in [0.15, 0.2) is 0 Å². The van der Waals surface area contributed by atoms with Gasteiger partial charge < -0.3 is 10.6 Å². The van der Waals surface area contributed by atoms with Gasteiger partial charge in [0.25, 0.3) is 11.8 Å². The van der Waals surface area contributed by atoms with Crippen LogP contribution in [0.2, 0.25) is 0 Å². The average molecular weight is 469 g/mol. The first-order chi connectivity index (χ1) is 16.9. The van der Waals surface area contributed by atoms with E-state index in [0.29, 0.717) is 23.8 Å². The Morgan fingerprint density at radius 3 is 2.37 bits per heavy atom. The lowest BCUT2D eigenvalue weighted by Gasteiger charge is -2.33. The zero-order valence-electron chi connectivity index (χ0n) is 20.4. The van der Waals surface area contributed by atoms with Gasteiger partial charge in [-0.15, -0.1) is 0 Å². The number of hydrogen-bond acceptors (Lipinski definition) is 4. The van der Waals surface area contributed by atoms with Crippen molar-refractivity contribution in [1.82, 2.24) is 10.2 Å². The van der Waals surface area contributed by atoms with Gasteiger partial charge in [-0.3, -0.25) is 14.5 Å². The number of benzene rings is 2. The average Bonchev–Trinajstić information content (AvgIpc) is 3.38. The van der Waals surface area contributed by atoms with E-state index < -0.39 is 0 Å². The number of carbonyl (C=O) groups excluding carboxylic acids is 2. The van der Waals surface area contributed by atoms with Crippen LogP contribution in [0.25, 0.3) is 0 Å². The predicted molar refractivity (Wildman–Crippen MR) is 141 cm³/mol. The molecule has 1 heterocycles. The van der Waals surface area contributed by atoms with Crippen molar-refractivity contribution in [2.75, 3.05) is 5.32 Å². The number of allylic oxidation sites excluding steroid dienone is 1. The summed E-state index contributed by atoms with van der Waals surface area (Å²) in [5.41, 5.74) is 4.43. The van der Waals surface area contributed by atoms with Crippen molar-refractivity contribution >= 4 is 23.3 Å². The smallest absolute Gasteiger partial charge is 0.252 e. The molecule has 1 fully saturated rings. The Kier molecular flexibility index (Phi) is 7.60. The standard InChI is InChI=1S/C29H32N4O2/c1-20(2)26-17-18-27(34)33(25-11-7-8-12-25)28(26)32-21(3)31-24-15-13-23(14-16-24)29(35)30-19-22-9-5-4-6-10-22/h4-6,9-10,13-18,25,31H,3,7-8,11-12,19H2,1-2H3,(H,30,35)/b32-28+. The maximum atomic E-state index is 12.8. The van der Waals surface area contributed by atoms with Crippen LogP contribution in [-0.2, 0) is 11.3 Å². The summed E-state index contributed by atoms with van der Waals surface area (Å²) in [6.45, 7) is 8.61. The van der Waals surface area contributed by atoms with Gasteiger partial charge in [0, 0.05) is 35.5 Å². The Morgan fingerprint density at radius 1 is 1.03 bits per heavy atom. The van der Waals surface area contributed by atoms with E-state index in [4.69, 9.17) is 4.99 Å². The molecular formula is C29H32N4O2. The molecule has 0 aromatic heterocycles. The lowest BCUT2D eigenvalue weighted by Crippen LogP contribution is -2.45. The Morgan fingerprint density at radius 2 is 1.71 bits per heavy atom. The molecule has 0 radical (unpaired) electrons. The fraction of sp³-hybridized carbons (Fsp3) is 0.276. The number of anilines is 1. The molecule has 2 aromatic carbocycles. The summed E-state index contributed by atoms with van der Waals surface area (Å²) in [6, 6.07) is 17.2. The number of amides is 2. The van der Waals surface area contributed by atoms with Crippen LogP contribution in [0.3, 0.4) is 0 Å². The monoisotopic (exact) mass is 468 g/mol. The molecule has 1 aliphatic heterocycles. The van der Waals surface area contributed by atoms with Crippen LogP contribution in [0, 0.1) is 0 Å². The van der Waals surface area contributed by atoms with E-state index in [-0.39, 0.29) is 17.9 Å². The molecule has 0 bridgehead atoms. The predicted octanol–water partition coefficient (Wildman–Crippen LogP) is 5.58. The van der Waals surface area contributed by atoms with E-state index >= 15 is 0 Å². The molecule has 180 valence electrons. The molecule has 1 aliphatic carbocycles. The van der Waals surface area contributed by atoms with E-state index in [1.165, 1.54) is 0 Å². The van der Waals surface area contributed by atoms with Crippen LogP contribution in [0.15, 0.2) is 95.3 Å². The molecule has 4 rings (SSSR count). The first-order valence-electron chi connectivity index (χ1n) is 12.1. The molecule has 2 amide bonds. The molecule has 0 saturated heterocycles. The maximum absolute atomic E-state index is 12.8. The van der Waals surface area contributed by atoms with E-state index in [1.54, 1.807) is 18.2 Å². The third-order valence-corrected chi connectivity index (χ3v) is 6.30. The minimum absolute atomic E-state index is 0.0284. The van der Waals surface area contributed by atoms with Crippen molar-refractivity contribution < 1.29 is 9.59 Å². The highest BCUT2D eigenvalue weighted by Gasteiger charge is 2.33. The number of hydrogen-bond donors (Lipinski definition) is 2. The molecule has 2 N–H and O–H groups in total. The molecule has 2 aromatic rings. The largest absolute Gasteiger partial charge is 0.348 e. The number of amidine groups is 1. The van der Waals surface area contributed by atoms with Crippen molar-refractivity contribution in [1.29, 1.82) is 0 Å². The second kappa shape index (κ2) is 11.0. The van der Waals surface area contributed by atoms with E-state index in [2.05, 4.69) is 17.2 Å². The van der Waals surface area contributed by atoms with Crippen LogP contribution in [0.5, 0.6) is 0 Å². The van der Waals surface area contributed by atoms with Gasteiger partial charge in [-0.1, -0.05) is 55.3 Å². The maximum Gasteiger partial charge on any atom is 0.252 e. The van der Waals surface area contributed by atoms with Gasteiger partial charge >= 0.3 is 0 Å². The summed E-state index contributed by atoms with van der Waals surface area (Å²) in [7, 11) is 0. The molecule has 6 nitrogen and oxygen atoms in total. The fourth-order valence-electron chi connectivity index (χ4n) is 4.47. The topological polar surface area (TPSA) is 73.8 Å². The molecular weight excluding hydrogens is 436 g/mol. The zero-order chi connectivity index (χ0) is 24.8. The summed E-state index contributed by atoms with van der Waals surface area (Å²) in [4.78, 5) is 31.9. The first kappa shape index (κ1) is 24.2. The highest BCUT2D eigenvalue weighted by Crippen LogP contribution is 2.29. The van der Waals surface area contributed by atoms with Gasteiger partial charge in [-0.05, 0) is 62.6 Å². The Bertz CT molecular complexity index is 1180. The van der Waals surface area contributed by atoms with Crippen LogP contribution >= 0.6 is 0 Å². The normalized spacial score (nSPS) is 17.1. The van der Waals surface area contributed by atoms with Crippen molar-refractivity contribution in [3.8, 4) is 0 Å². The lowest BCUT2D eigenvalue weighted by atomic mass is 10.0. The minimum Gasteiger partial charge on any atom is -0.348 e. The summed E-state index contributed by atoms with van der Waals surface area (Å²) >= 11 is 0. The van der Waals surface area contributed by atoms with E-state index in [1.807, 2.05) is 67.3 Å². The van der Waals surface area contributed by atoms with Crippen molar-refractivity contribution in [2.24, 2.45) is 4.99 Å². The van der Waals surface area contributed by atoms with Crippen molar-refractivity contribution in [3.05, 3.63) is 101 Å². The van der Waals surface area contributed by atoms with Crippen molar-refractivity contribution in [3.63, 3.8) is 0 Å². The molecule has 6 heteroatoms. The summed E-state index contributed by atoms with van der Waals surface area (Å²) in [5.74, 6) is 0.927. The Hall–Kier alpha value is -3.93. The van der Waals surface area contributed by atoms with Gasteiger partial charge in [-0.2, -0.15) is 0 Å². The Balaban J connectivity index is 1.45. The Labute approximate surface area is 207 Å². The van der Waals surface area contributed by atoms with Crippen LogP contribution in [0.4, 0.5) is 5.69 Å². The van der Waals surface area contributed by atoms with Gasteiger partial charge in [-0.25, -0.2) is 4.99 Å². The summed E-state index contributed by atoms with van der Waals surface area (Å²) < 4.78 is 0. The number of nitrogens with one attached hydrogen (secondary N) is 2. The van der Waals surface area contributed by atoms with Gasteiger partial charge in [0.2, 0.25) is 0 Å². The molecule has 1 saturated carbocycles. The van der Waals surface area contributed by atoms with E-state index in [0.717, 1.165) is 48.1 Å².